The van der Waals surface area contributed by atoms with Gasteiger partial charge in [-0.3, -0.25) is 5.10 Å². The predicted molar refractivity (Wildman–Crippen MR) is 106 cm³/mol. The number of rotatable bonds is 7. The molecule has 0 amide bonds. The van der Waals surface area contributed by atoms with Gasteiger partial charge >= 0.3 is 0 Å². The van der Waals surface area contributed by atoms with Gasteiger partial charge in [0, 0.05) is 5.02 Å². The van der Waals surface area contributed by atoms with E-state index in [1.165, 1.54) is 11.8 Å². The van der Waals surface area contributed by atoms with Crippen LogP contribution in [0, 0.1) is 0 Å². The molecule has 142 valence electrons. The fourth-order valence-electron chi connectivity index (χ4n) is 2.27. The van der Waals surface area contributed by atoms with Crippen LogP contribution in [0.5, 0.6) is 5.75 Å². The second kappa shape index (κ2) is 8.64. The van der Waals surface area contributed by atoms with Gasteiger partial charge in [-0.1, -0.05) is 47.1 Å². The van der Waals surface area contributed by atoms with Crippen molar-refractivity contribution in [2.45, 2.75) is 17.5 Å². The van der Waals surface area contributed by atoms with E-state index in [1.54, 1.807) is 30.3 Å². The highest BCUT2D eigenvalue weighted by molar-refractivity contribution is 7.98. The second-order valence-electron chi connectivity index (χ2n) is 5.58. The van der Waals surface area contributed by atoms with E-state index in [4.69, 9.17) is 32.4 Å². The lowest BCUT2D eigenvalue weighted by molar-refractivity contribution is 0.296. The van der Waals surface area contributed by atoms with E-state index in [9.17, 15) is 0 Å². The average molecular weight is 434 g/mol. The average Bonchev–Trinajstić information content (AvgIpc) is 3.36. The van der Waals surface area contributed by atoms with Crippen LogP contribution in [0.3, 0.4) is 0 Å². The number of H-pyrrole nitrogens is 1. The predicted octanol–water partition coefficient (Wildman–Crippen LogP) is 5.03. The van der Waals surface area contributed by atoms with Crippen molar-refractivity contribution < 1.29 is 9.15 Å². The Kier molecular flexibility index (Phi) is 5.80. The molecule has 0 atom stereocenters. The van der Waals surface area contributed by atoms with Gasteiger partial charge in [-0.25, -0.2) is 4.98 Å². The third-order valence-corrected chi connectivity index (χ3v) is 5.01. The molecule has 0 aliphatic rings. The van der Waals surface area contributed by atoms with Crippen LogP contribution in [0.15, 0.2) is 58.1 Å². The van der Waals surface area contributed by atoms with E-state index in [0.717, 1.165) is 0 Å². The van der Waals surface area contributed by atoms with Gasteiger partial charge in [-0.05, 0) is 36.4 Å². The fraction of sp³-hybridized carbons (Fsp3) is 0.111. The summed E-state index contributed by atoms with van der Waals surface area (Å²) < 4.78 is 11.3. The van der Waals surface area contributed by atoms with Gasteiger partial charge in [0.2, 0.25) is 16.9 Å². The van der Waals surface area contributed by atoms with Crippen LogP contribution in [0.25, 0.3) is 11.5 Å². The minimum atomic E-state index is 0.270. The normalized spacial score (nSPS) is 10.9. The summed E-state index contributed by atoms with van der Waals surface area (Å²) in [6.45, 7) is 0.270. The van der Waals surface area contributed by atoms with Crippen LogP contribution >= 0.6 is 35.0 Å². The Morgan fingerprint density at radius 3 is 2.68 bits per heavy atom. The number of benzene rings is 2. The standard InChI is InChI=1S/C18H13Cl2N5O2S/c19-11-5-7-12(8-6-11)26-9-15-21-18(25-22-15)28-10-16-23-24-17(27-16)13-3-1-2-4-14(13)20/h1-8H,9-10H2,(H,21,22,25). The first-order valence-electron chi connectivity index (χ1n) is 8.17. The Morgan fingerprint density at radius 2 is 1.86 bits per heavy atom. The number of hydrogen-bond donors (Lipinski definition) is 1. The third-order valence-electron chi connectivity index (χ3n) is 3.60. The molecule has 0 unspecified atom stereocenters. The van der Waals surface area contributed by atoms with E-state index in [-0.39, 0.29) is 6.61 Å². The van der Waals surface area contributed by atoms with Crippen molar-refractivity contribution in [3.8, 4) is 17.2 Å². The van der Waals surface area contributed by atoms with Gasteiger partial charge in [-0.2, -0.15) is 0 Å². The highest BCUT2D eigenvalue weighted by atomic mass is 35.5. The molecule has 0 aliphatic heterocycles. The molecule has 1 N–H and O–H groups in total. The second-order valence-corrected chi connectivity index (χ2v) is 7.36. The maximum atomic E-state index is 6.15. The molecule has 2 aromatic heterocycles. The van der Waals surface area contributed by atoms with Crippen LogP contribution in [-0.2, 0) is 12.4 Å². The Bertz CT molecular complexity index is 1070. The molecule has 0 spiro atoms. The van der Waals surface area contributed by atoms with Gasteiger partial charge in [-0.15, -0.1) is 15.3 Å². The highest BCUT2D eigenvalue weighted by Crippen LogP contribution is 2.27. The van der Waals surface area contributed by atoms with E-state index >= 15 is 0 Å². The molecule has 10 heteroatoms. The molecule has 4 rings (SSSR count). The number of aromatic nitrogens is 5. The topological polar surface area (TPSA) is 89.7 Å². The van der Waals surface area contributed by atoms with E-state index in [1.807, 2.05) is 18.2 Å². The van der Waals surface area contributed by atoms with Crippen LogP contribution in [0.1, 0.15) is 11.7 Å². The third kappa shape index (κ3) is 4.64. The zero-order chi connectivity index (χ0) is 19.3. The van der Waals surface area contributed by atoms with Gasteiger partial charge in [0.1, 0.15) is 12.4 Å². The van der Waals surface area contributed by atoms with E-state index < -0.39 is 0 Å². The number of aromatic amines is 1. The molecule has 0 aliphatic carbocycles. The SMILES string of the molecule is Clc1ccc(OCc2nc(SCc3nnc(-c4ccccc4Cl)o3)n[nH]2)cc1. The van der Waals surface area contributed by atoms with Gasteiger partial charge in [0.25, 0.3) is 0 Å². The van der Waals surface area contributed by atoms with Crippen molar-refractivity contribution in [2.24, 2.45) is 0 Å². The van der Waals surface area contributed by atoms with Gasteiger partial charge in [0.05, 0.1) is 16.3 Å². The summed E-state index contributed by atoms with van der Waals surface area (Å²) in [5.41, 5.74) is 0.701. The summed E-state index contributed by atoms with van der Waals surface area (Å²) in [6, 6.07) is 14.4. The first-order valence-corrected chi connectivity index (χ1v) is 9.91. The first kappa shape index (κ1) is 18.8. The first-order chi connectivity index (χ1) is 13.7. The van der Waals surface area contributed by atoms with Gasteiger partial charge < -0.3 is 9.15 Å². The van der Waals surface area contributed by atoms with Gasteiger partial charge in [0.15, 0.2) is 5.82 Å². The Hall–Kier alpha value is -2.55. The maximum absolute atomic E-state index is 6.15. The molecule has 2 aromatic carbocycles. The zero-order valence-corrected chi connectivity index (χ0v) is 16.6. The number of nitrogens with zero attached hydrogens (tertiary/aromatic N) is 4. The van der Waals surface area contributed by atoms with Crippen molar-refractivity contribution >= 4 is 35.0 Å². The van der Waals surface area contributed by atoms with Crippen LogP contribution < -0.4 is 4.74 Å². The molecule has 0 fully saturated rings. The zero-order valence-electron chi connectivity index (χ0n) is 14.3. The van der Waals surface area contributed by atoms with E-state index in [2.05, 4.69) is 25.4 Å². The van der Waals surface area contributed by atoms with E-state index in [0.29, 0.717) is 49.9 Å². The number of halogens is 2. The van der Waals surface area contributed by atoms with Crippen molar-refractivity contribution in [2.75, 3.05) is 0 Å². The Balaban J connectivity index is 1.32. The molecule has 28 heavy (non-hydrogen) atoms. The lowest BCUT2D eigenvalue weighted by atomic mass is 10.2. The summed E-state index contributed by atoms with van der Waals surface area (Å²) in [5, 5.41) is 16.9. The number of nitrogens with one attached hydrogen (secondary N) is 1. The lowest BCUT2D eigenvalue weighted by Gasteiger charge is -2.02. The summed E-state index contributed by atoms with van der Waals surface area (Å²) >= 11 is 13.4. The van der Waals surface area contributed by atoms with Crippen LogP contribution in [0.2, 0.25) is 10.0 Å². The lowest BCUT2D eigenvalue weighted by Crippen LogP contribution is -1.97. The Morgan fingerprint density at radius 1 is 1.04 bits per heavy atom. The minimum absolute atomic E-state index is 0.270. The summed E-state index contributed by atoms with van der Waals surface area (Å²) in [6.07, 6.45) is 0. The number of thioether (sulfide) groups is 1. The summed E-state index contributed by atoms with van der Waals surface area (Å²) in [7, 11) is 0. The maximum Gasteiger partial charge on any atom is 0.249 e. The monoisotopic (exact) mass is 433 g/mol. The Labute approximate surface area is 174 Å². The smallest absolute Gasteiger partial charge is 0.249 e. The van der Waals surface area contributed by atoms with Crippen molar-refractivity contribution in [1.29, 1.82) is 0 Å². The summed E-state index contributed by atoms with van der Waals surface area (Å²) in [5.74, 6) is 2.59. The molecule has 0 saturated carbocycles. The molecule has 7 nitrogen and oxygen atoms in total. The largest absolute Gasteiger partial charge is 0.486 e. The van der Waals surface area contributed by atoms with Crippen LogP contribution in [-0.4, -0.2) is 25.4 Å². The van der Waals surface area contributed by atoms with Crippen molar-refractivity contribution in [1.82, 2.24) is 25.4 Å². The minimum Gasteiger partial charge on any atom is -0.486 e. The fourth-order valence-corrected chi connectivity index (χ4v) is 3.27. The van der Waals surface area contributed by atoms with Crippen molar-refractivity contribution in [3.63, 3.8) is 0 Å². The molecule has 2 heterocycles. The molecular formula is C18H13Cl2N5O2S. The molecular weight excluding hydrogens is 421 g/mol. The van der Waals surface area contributed by atoms with Crippen LogP contribution in [0.4, 0.5) is 0 Å². The molecule has 4 aromatic rings. The molecule has 0 bridgehead atoms. The van der Waals surface area contributed by atoms with Crippen molar-refractivity contribution in [3.05, 3.63) is 70.3 Å². The number of hydrogen-bond acceptors (Lipinski definition) is 7. The summed E-state index contributed by atoms with van der Waals surface area (Å²) in [4.78, 5) is 4.37. The molecule has 0 saturated heterocycles. The number of ether oxygens (including phenoxy) is 1. The highest BCUT2D eigenvalue weighted by Gasteiger charge is 2.13. The molecule has 0 radical (unpaired) electrons. The quantitative estimate of drug-likeness (QED) is 0.408.